The first-order valence-corrected chi connectivity index (χ1v) is 8.94. The molecule has 3 heterocycles. The smallest absolute Gasteiger partial charge is 0.342 e. The molecule has 2 aliphatic heterocycles. The number of H-pyrrole nitrogens is 1. The normalized spacial score (nSPS) is 25.9. The van der Waals surface area contributed by atoms with Crippen LogP contribution in [0.1, 0.15) is 36.5 Å². The Morgan fingerprint density at radius 1 is 1.41 bits per heavy atom. The molecule has 1 aromatic rings. The minimum absolute atomic E-state index is 0.0247. The van der Waals surface area contributed by atoms with Crippen LogP contribution in [0.5, 0.6) is 0 Å². The average molecular weight is 328 g/mol. The van der Waals surface area contributed by atoms with Gasteiger partial charge in [0.2, 0.25) is 0 Å². The summed E-state index contributed by atoms with van der Waals surface area (Å²) < 4.78 is 32.5. The van der Waals surface area contributed by atoms with E-state index in [1.54, 1.807) is 11.2 Å². The van der Waals surface area contributed by atoms with E-state index in [1.807, 2.05) is 0 Å². The fourth-order valence-corrected chi connectivity index (χ4v) is 5.23. The number of rotatable bonds is 4. The van der Waals surface area contributed by atoms with Crippen LogP contribution in [0.2, 0.25) is 0 Å². The van der Waals surface area contributed by atoms with Gasteiger partial charge in [-0.2, -0.15) is 9.40 Å². The first-order chi connectivity index (χ1) is 10.6. The molecule has 2 fully saturated rings. The molecule has 0 radical (unpaired) electrons. The van der Waals surface area contributed by atoms with Crippen molar-refractivity contribution < 1.29 is 17.9 Å². The fourth-order valence-electron chi connectivity index (χ4n) is 3.26. The summed E-state index contributed by atoms with van der Waals surface area (Å²) in [5.41, 5.74) is -0.0292. The Morgan fingerprint density at radius 3 is 2.95 bits per heavy atom. The van der Waals surface area contributed by atoms with Gasteiger partial charge in [0.15, 0.2) is 5.03 Å². The minimum atomic E-state index is -3.80. The molecule has 9 heteroatoms. The molecule has 2 atom stereocenters. The predicted molar refractivity (Wildman–Crippen MR) is 77.9 cm³/mol. The number of aromatic amines is 1. The Balaban J connectivity index is 1.97. The van der Waals surface area contributed by atoms with Gasteiger partial charge in [-0.05, 0) is 32.7 Å². The summed E-state index contributed by atoms with van der Waals surface area (Å²) in [6.07, 6.45) is 3.68. The molecule has 0 amide bonds. The minimum Gasteiger partial charge on any atom is -0.462 e. The number of carbonyl (C=O) groups is 1. The Labute approximate surface area is 129 Å². The molecule has 2 aliphatic rings. The molecule has 0 aliphatic carbocycles. The second kappa shape index (κ2) is 5.98. The molecule has 0 spiro atoms. The lowest BCUT2D eigenvalue weighted by Crippen LogP contribution is -2.43. The van der Waals surface area contributed by atoms with Crippen molar-refractivity contribution in [1.29, 1.82) is 0 Å². The zero-order valence-electron chi connectivity index (χ0n) is 12.4. The van der Waals surface area contributed by atoms with E-state index >= 15 is 0 Å². The maximum atomic E-state index is 13.0. The number of carbonyl (C=O) groups excluding carboxylic acids is 1. The Bertz CT molecular complexity index is 643. The van der Waals surface area contributed by atoms with E-state index in [-0.39, 0.29) is 29.3 Å². The van der Waals surface area contributed by atoms with Crippen LogP contribution in [0.3, 0.4) is 0 Å². The number of fused-ring (bicyclic) bond motifs is 2. The monoisotopic (exact) mass is 328 g/mol. The molecule has 122 valence electrons. The third-order valence-corrected chi connectivity index (χ3v) is 6.20. The van der Waals surface area contributed by atoms with Crippen molar-refractivity contribution in [2.24, 2.45) is 0 Å². The largest absolute Gasteiger partial charge is 0.462 e. The van der Waals surface area contributed by atoms with E-state index in [2.05, 4.69) is 15.5 Å². The van der Waals surface area contributed by atoms with Crippen molar-refractivity contribution in [3.05, 3.63) is 11.8 Å². The molecule has 3 rings (SSSR count). The third kappa shape index (κ3) is 2.53. The second-order valence-electron chi connectivity index (χ2n) is 5.55. The van der Waals surface area contributed by atoms with E-state index in [4.69, 9.17) is 4.74 Å². The van der Waals surface area contributed by atoms with Crippen LogP contribution in [0.4, 0.5) is 0 Å². The number of ether oxygens (including phenoxy) is 1. The lowest BCUT2D eigenvalue weighted by Gasteiger charge is -2.26. The summed E-state index contributed by atoms with van der Waals surface area (Å²) in [5, 5.41) is 9.30. The summed E-state index contributed by atoms with van der Waals surface area (Å²) in [5.74, 6) is -0.671. The molecule has 2 bridgehead atoms. The van der Waals surface area contributed by atoms with Gasteiger partial charge in [-0.1, -0.05) is 0 Å². The lowest BCUT2D eigenvalue weighted by molar-refractivity contribution is 0.0521. The van der Waals surface area contributed by atoms with Gasteiger partial charge >= 0.3 is 5.97 Å². The van der Waals surface area contributed by atoms with Gasteiger partial charge in [-0.25, -0.2) is 13.2 Å². The summed E-state index contributed by atoms with van der Waals surface area (Å²) in [6.45, 7) is 3.30. The molecular formula is C13H20N4O4S. The SMILES string of the molecule is CCOC(=O)c1cn[nH]c1S(=O)(=O)N1C2CCNCC1CC2. The highest BCUT2D eigenvalue weighted by Gasteiger charge is 2.45. The molecule has 22 heavy (non-hydrogen) atoms. The maximum absolute atomic E-state index is 13.0. The number of sulfonamides is 1. The van der Waals surface area contributed by atoms with Crippen molar-refractivity contribution >= 4 is 16.0 Å². The third-order valence-electron chi connectivity index (χ3n) is 4.22. The average Bonchev–Trinajstić information content (AvgIpc) is 3.03. The number of aromatic nitrogens is 2. The van der Waals surface area contributed by atoms with E-state index in [0.29, 0.717) is 6.54 Å². The summed E-state index contributed by atoms with van der Waals surface area (Å²) in [4.78, 5) is 11.9. The zero-order valence-corrected chi connectivity index (χ0v) is 13.2. The van der Waals surface area contributed by atoms with Crippen molar-refractivity contribution in [2.45, 2.75) is 43.3 Å². The van der Waals surface area contributed by atoms with Crippen molar-refractivity contribution in [3.8, 4) is 0 Å². The molecular weight excluding hydrogens is 308 g/mol. The van der Waals surface area contributed by atoms with Crippen molar-refractivity contribution in [3.63, 3.8) is 0 Å². The molecule has 2 saturated heterocycles. The molecule has 0 aromatic carbocycles. The maximum Gasteiger partial charge on any atom is 0.342 e. The molecule has 2 N–H and O–H groups in total. The Morgan fingerprint density at radius 2 is 2.18 bits per heavy atom. The van der Waals surface area contributed by atoms with Crippen LogP contribution in [0.15, 0.2) is 11.2 Å². The molecule has 0 saturated carbocycles. The number of hydrogen-bond donors (Lipinski definition) is 2. The van der Waals surface area contributed by atoms with Gasteiger partial charge in [0, 0.05) is 18.6 Å². The van der Waals surface area contributed by atoms with Gasteiger partial charge in [0.05, 0.1) is 12.8 Å². The number of nitrogens with one attached hydrogen (secondary N) is 2. The second-order valence-corrected chi connectivity index (χ2v) is 7.33. The fraction of sp³-hybridized carbons (Fsp3) is 0.692. The predicted octanol–water partition coefficient (Wildman–Crippen LogP) is 0.101. The van der Waals surface area contributed by atoms with Gasteiger partial charge in [0.1, 0.15) is 5.56 Å². The first kappa shape index (κ1) is 15.4. The molecule has 1 aromatic heterocycles. The lowest BCUT2D eigenvalue weighted by atomic mass is 10.1. The van der Waals surface area contributed by atoms with Crippen LogP contribution in [0, 0.1) is 0 Å². The van der Waals surface area contributed by atoms with Gasteiger partial charge < -0.3 is 10.1 Å². The molecule has 8 nitrogen and oxygen atoms in total. The summed E-state index contributed by atoms with van der Waals surface area (Å²) in [6, 6.07) is -0.0980. The number of hydrogen-bond acceptors (Lipinski definition) is 6. The highest BCUT2D eigenvalue weighted by atomic mass is 32.2. The van der Waals surface area contributed by atoms with Gasteiger partial charge in [0.25, 0.3) is 10.0 Å². The highest BCUT2D eigenvalue weighted by Crippen LogP contribution is 2.34. The summed E-state index contributed by atoms with van der Waals surface area (Å²) in [7, 11) is -3.80. The van der Waals surface area contributed by atoms with E-state index in [0.717, 1.165) is 25.8 Å². The highest BCUT2D eigenvalue weighted by molar-refractivity contribution is 7.89. The Hall–Kier alpha value is -1.45. The van der Waals surface area contributed by atoms with E-state index in [9.17, 15) is 13.2 Å². The van der Waals surface area contributed by atoms with Gasteiger partial charge in [-0.15, -0.1) is 0 Å². The van der Waals surface area contributed by atoms with Crippen LogP contribution in [-0.2, 0) is 14.8 Å². The summed E-state index contributed by atoms with van der Waals surface area (Å²) >= 11 is 0. The van der Waals surface area contributed by atoms with Gasteiger partial charge in [-0.3, -0.25) is 5.10 Å². The van der Waals surface area contributed by atoms with E-state index in [1.165, 1.54) is 6.20 Å². The van der Waals surface area contributed by atoms with Crippen LogP contribution < -0.4 is 5.32 Å². The first-order valence-electron chi connectivity index (χ1n) is 7.50. The van der Waals surface area contributed by atoms with Crippen LogP contribution >= 0.6 is 0 Å². The standard InChI is InChI=1S/C13H20N4O4S/c1-2-21-13(18)11-8-15-16-12(11)22(19,20)17-9-3-4-10(17)7-14-6-5-9/h8-10,14H,2-7H2,1H3,(H,15,16). The topological polar surface area (TPSA) is 104 Å². The van der Waals surface area contributed by atoms with Crippen LogP contribution in [-0.4, -0.2) is 60.7 Å². The van der Waals surface area contributed by atoms with Crippen LogP contribution in [0.25, 0.3) is 0 Å². The molecule has 2 unspecified atom stereocenters. The number of esters is 1. The zero-order chi connectivity index (χ0) is 15.7. The Kier molecular flexibility index (Phi) is 4.20. The van der Waals surface area contributed by atoms with Crippen molar-refractivity contribution in [1.82, 2.24) is 19.8 Å². The number of nitrogens with zero attached hydrogens (tertiary/aromatic N) is 2. The quantitative estimate of drug-likeness (QED) is 0.760. The van der Waals surface area contributed by atoms with Crippen molar-refractivity contribution in [2.75, 3.05) is 19.7 Å². The van der Waals surface area contributed by atoms with E-state index < -0.39 is 16.0 Å².